The number of fused-ring (bicyclic) bond motifs is 1. The third-order valence-electron chi connectivity index (χ3n) is 4.29. The highest BCUT2D eigenvalue weighted by atomic mass is 16.6. The summed E-state index contributed by atoms with van der Waals surface area (Å²) in [5, 5.41) is 3.63. The lowest BCUT2D eigenvalue weighted by molar-refractivity contribution is 0.171. The third kappa shape index (κ3) is 2.96. The van der Waals surface area contributed by atoms with E-state index in [9.17, 15) is 0 Å². The highest BCUT2D eigenvalue weighted by Crippen LogP contribution is 2.34. The average Bonchev–Trinajstić information content (AvgIpc) is 2.48. The minimum Gasteiger partial charge on any atom is -0.486 e. The maximum atomic E-state index is 5.63. The number of ether oxygens (including phenoxy) is 2. The number of nitrogens with one attached hydrogen (secondary N) is 1. The summed E-state index contributed by atoms with van der Waals surface area (Å²) in [6.45, 7) is 3.60. The molecule has 2 aliphatic rings. The van der Waals surface area contributed by atoms with Crippen molar-refractivity contribution in [1.82, 2.24) is 0 Å². The van der Waals surface area contributed by atoms with Gasteiger partial charge in [-0.25, -0.2) is 0 Å². The van der Waals surface area contributed by atoms with Crippen LogP contribution in [0.1, 0.15) is 39.0 Å². The van der Waals surface area contributed by atoms with Crippen LogP contribution in [0.2, 0.25) is 0 Å². The van der Waals surface area contributed by atoms with E-state index in [1.165, 1.54) is 32.1 Å². The van der Waals surface area contributed by atoms with Gasteiger partial charge in [-0.05, 0) is 37.8 Å². The van der Waals surface area contributed by atoms with Crippen LogP contribution in [0.4, 0.5) is 5.69 Å². The second-order valence-corrected chi connectivity index (χ2v) is 5.69. The Bertz CT molecular complexity index is 427. The van der Waals surface area contributed by atoms with E-state index in [0.717, 1.165) is 23.1 Å². The quantitative estimate of drug-likeness (QED) is 0.896. The first-order valence-corrected chi connectivity index (χ1v) is 7.49. The summed E-state index contributed by atoms with van der Waals surface area (Å²) in [7, 11) is 0. The Hall–Kier alpha value is -1.38. The molecule has 0 amide bonds. The number of hydrogen-bond donors (Lipinski definition) is 1. The van der Waals surface area contributed by atoms with E-state index >= 15 is 0 Å². The van der Waals surface area contributed by atoms with E-state index in [0.29, 0.717) is 19.3 Å². The molecule has 0 bridgehead atoms. The topological polar surface area (TPSA) is 30.5 Å². The maximum Gasteiger partial charge on any atom is 0.163 e. The Labute approximate surface area is 115 Å². The van der Waals surface area contributed by atoms with Gasteiger partial charge in [-0.1, -0.05) is 19.3 Å². The van der Waals surface area contributed by atoms with Gasteiger partial charge in [-0.2, -0.15) is 0 Å². The molecule has 0 radical (unpaired) electrons. The molecule has 3 nitrogen and oxygen atoms in total. The highest BCUT2D eigenvalue weighted by Gasteiger charge is 2.20. The monoisotopic (exact) mass is 261 g/mol. The minimum atomic E-state index is 0.530. The normalized spacial score (nSPS) is 20.9. The Morgan fingerprint density at radius 1 is 1.05 bits per heavy atom. The molecule has 1 heterocycles. The molecule has 1 unspecified atom stereocenters. The third-order valence-corrected chi connectivity index (χ3v) is 4.29. The van der Waals surface area contributed by atoms with Gasteiger partial charge in [0.2, 0.25) is 0 Å². The van der Waals surface area contributed by atoms with Crippen LogP contribution < -0.4 is 14.8 Å². The van der Waals surface area contributed by atoms with Crippen molar-refractivity contribution in [2.24, 2.45) is 5.92 Å². The van der Waals surface area contributed by atoms with Gasteiger partial charge in [0.1, 0.15) is 13.2 Å². The first kappa shape index (κ1) is 12.6. The smallest absolute Gasteiger partial charge is 0.163 e. The van der Waals surface area contributed by atoms with Crippen molar-refractivity contribution in [3.05, 3.63) is 18.2 Å². The summed E-state index contributed by atoms with van der Waals surface area (Å²) in [6, 6.07) is 6.69. The first-order valence-electron chi connectivity index (χ1n) is 7.49. The zero-order valence-electron chi connectivity index (χ0n) is 11.7. The summed E-state index contributed by atoms with van der Waals surface area (Å²) in [5.74, 6) is 2.54. The Morgan fingerprint density at radius 3 is 2.58 bits per heavy atom. The number of rotatable bonds is 3. The molecule has 1 fully saturated rings. The van der Waals surface area contributed by atoms with Gasteiger partial charge in [-0.15, -0.1) is 0 Å². The van der Waals surface area contributed by atoms with Crippen LogP contribution >= 0.6 is 0 Å². The average molecular weight is 261 g/mol. The van der Waals surface area contributed by atoms with Crippen LogP contribution in [0.3, 0.4) is 0 Å². The lowest BCUT2D eigenvalue weighted by Gasteiger charge is -2.29. The van der Waals surface area contributed by atoms with Gasteiger partial charge in [0.15, 0.2) is 11.5 Å². The molecule has 1 saturated carbocycles. The molecule has 1 aromatic rings. The molecule has 3 heteroatoms. The molecule has 0 saturated heterocycles. The van der Waals surface area contributed by atoms with Gasteiger partial charge in [0.05, 0.1) is 0 Å². The standard InChI is InChI=1S/C16H23NO2/c1-12(13-5-3-2-4-6-13)17-14-7-8-15-16(11-14)19-10-9-18-15/h7-8,11-13,17H,2-6,9-10H2,1H3. The molecule has 1 aliphatic heterocycles. The number of benzene rings is 1. The number of anilines is 1. The zero-order valence-corrected chi connectivity index (χ0v) is 11.7. The summed E-state index contributed by atoms with van der Waals surface area (Å²) < 4.78 is 11.2. The van der Waals surface area contributed by atoms with Crippen molar-refractivity contribution < 1.29 is 9.47 Å². The molecule has 1 atom stereocenters. The molecule has 1 aromatic carbocycles. The van der Waals surface area contributed by atoms with Crippen molar-refractivity contribution in [2.45, 2.75) is 45.1 Å². The van der Waals surface area contributed by atoms with E-state index in [-0.39, 0.29) is 0 Å². The Kier molecular flexibility index (Phi) is 3.81. The summed E-state index contributed by atoms with van der Waals surface area (Å²) in [6.07, 6.45) is 6.90. The van der Waals surface area contributed by atoms with Crippen LogP contribution in [0.25, 0.3) is 0 Å². The van der Waals surface area contributed by atoms with Crippen molar-refractivity contribution in [2.75, 3.05) is 18.5 Å². The Morgan fingerprint density at radius 2 is 1.79 bits per heavy atom. The van der Waals surface area contributed by atoms with Crippen molar-refractivity contribution in [1.29, 1.82) is 0 Å². The second kappa shape index (κ2) is 5.72. The van der Waals surface area contributed by atoms with Crippen LogP contribution in [0.5, 0.6) is 11.5 Å². The van der Waals surface area contributed by atoms with Gasteiger partial charge < -0.3 is 14.8 Å². The molecule has 19 heavy (non-hydrogen) atoms. The van der Waals surface area contributed by atoms with Crippen molar-refractivity contribution >= 4 is 5.69 Å². The first-order chi connectivity index (χ1) is 9.33. The van der Waals surface area contributed by atoms with Crippen LogP contribution in [0, 0.1) is 5.92 Å². The zero-order chi connectivity index (χ0) is 13.1. The fraction of sp³-hybridized carbons (Fsp3) is 0.625. The predicted octanol–water partition coefficient (Wildman–Crippen LogP) is 3.84. The summed E-state index contributed by atoms with van der Waals surface area (Å²) in [4.78, 5) is 0. The van der Waals surface area contributed by atoms with Crippen molar-refractivity contribution in [3.8, 4) is 11.5 Å². The van der Waals surface area contributed by atoms with Gasteiger partial charge >= 0.3 is 0 Å². The van der Waals surface area contributed by atoms with Crippen LogP contribution in [0.15, 0.2) is 18.2 Å². The molecule has 0 aromatic heterocycles. The molecular weight excluding hydrogens is 238 g/mol. The predicted molar refractivity (Wildman–Crippen MR) is 77.1 cm³/mol. The largest absolute Gasteiger partial charge is 0.486 e. The van der Waals surface area contributed by atoms with Crippen molar-refractivity contribution in [3.63, 3.8) is 0 Å². The lowest BCUT2D eigenvalue weighted by atomic mass is 9.84. The molecule has 1 N–H and O–H groups in total. The van der Waals surface area contributed by atoms with Gasteiger partial charge in [-0.3, -0.25) is 0 Å². The molecular formula is C16H23NO2. The molecule has 104 valence electrons. The molecule has 0 spiro atoms. The maximum absolute atomic E-state index is 5.63. The fourth-order valence-electron chi connectivity index (χ4n) is 3.15. The van der Waals surface area contributed by atoms with Crippen LogP contribution in [-0.4, -0.2) is 19.3 Å². The highest BCUT2D eigenvalue weighted by molar-refractivity contribution is 5.55. The van der Waals surface area contributed by atoms with E-state index in [2.05, 4.69) is 24.4 Å². The van der Waals surface area contributed by atoms with Gasteiger partial charge in [0, 0.05) is 17.8 Å². The Balaban J connectivity index is 1.65. The van der Waals surface area contributed by atoms with E-state index in [4.69, 9.17) is 9.47 Å². The molecule has 1 aliphatic carbocycles. The minimum absolute atomic E-state index is 0.530. The second-order valence-electron chi connectivity index (χ2n) is 5.69. The summed E-state index contributed by atoms with van der Waals surface area (Å²) >= 11 is 0. The molecule has 3 rings (SSSR count). The van der Waals surface area contributed by atoms with E-state index < -0.39 is 0 Å². The summed E-state index contributed by atoms with van der Waals surface area (Å²) in [5.41, 5.74) is 1.14. The van der Waals surface area contributed by atoms with E-state index in [1.807, 2.05) is 6.07 Å². The van der Waals surface area contributed by atoms with Gasteiger partial charge in [0.25, 0.3) is 0 Å². The van der Waals surface area contributed by atoms with Crippen LogP contribution in [-0.2, 0) is 0 Å². The lowest BCUT2D eigenvalue weighted by Crippen LogP contribution is -2.27. The fourth-order valence-corrected chi connectivity index (χ4v) is 3.15. The van der Waals surface area contributed by atoms with E-state index in [1.54, 1.807) is 0 Å². The SMILES string of the molecule is CC(Nc1ccc2c(c1)OCCO2)C1CCCCC1. The number of hydrogen-bond acceptors (Lipinski definition) is 3.